The van der Waals surface area contributed by atoms with Gasteiger partial charge >= 0.3 is 0 Å². The smallest absolute Gasteiger partial charge is 0.220 e. The molecule has 5 nitrogen and oxygen atoms in total. The molecule has 0 unspecified atom stereocenters. The van der Waals surface area contributed by atoms with Crippen molar-refractivity contribution in [2.45, 2.75) is 13.3 Å². The fourth-order valence-electron chi connectivity index (χ4n) is 1.66. The quantitative estimate of drug-likeness (QED) is 0.854. The van der Waals surface area contributed by atoms with Gasteiger partial charge in [0.05, 0.1) is 11.9 Å². The number of nitrogen functional groups attached to an aromatic ring is 1. The van der Waals surface area contributed by atoms with Crippen LogP contribution in [0.25, 0.3) is 0 Å². The lowest BCUT2D eigenvalue weighted by atomic mass is 10.1. The first-order valence-electron chi connectivity index (χ1n) is 5.75. The summed E-state index contributed by atoms with van der Waals surface area (Å²) in [5.74, 6) is 1.63. The highest BCUT2D eigenvalue weighted by Crippen LogP contribution is 2.26. The molecule has 0 fully saturated rings. The summed E-state index contributed by atoms with van der Waals surface area (Å²) in [6.45, 7) is 2.41. The molecule has 0 aliphatic carbocycles. The molecule has 0 radical (unpaired) electrons. The Kier molecular flexibility index (Phi) is 3.74. The van der Waals surface area contributed by atoms with E-state index in [-0.39, 0.29) is 5.95 Å². The van der Waals surface area contributed by atoms with Crippen molar-refractivity contribution in [3.8, 4) is 11.5 Å². The monoisotopic (exact) mass is 244 g/mol. The third-order valence-electron chi connectivity index (χ3n) is 2.56. The SMILES string of the molecule is Cc1nc(N)ncc1Oc1ccccc1CCN. The molecule has 0 atom stereocenters. The van der Waals surface area contributed by atoms with Crippen molar-refractivity contribution in [1.29, 1.82) is 0 Å². The largest absolute Gasteiger partial charge is 0.454 e. The summed E-state index contributed by atoms with van der Waals surface area (Å²) in [6.07, 6.45) is 2.35. The van der Waals surface area contributed by atoms with Gasteiger partial charge in [-0.3, -0.25) is 0 Å². The minimum atomic E-state index is 0.245. The van der Waals surface area contributed by atoms with E-state index < -0.39 is 0 Å². The van der Waals surface area contributed by atoms with Gasteiger partial charge in [-0.2, -0.15) is 0 Å². The summed E-state index contributed by atoms with van der Waals surface area (Å²) in [6, 6.07) is 7.78. The Bertz CT molecular complexity index is 542. The van der Waals surface area contributed by atoms with Crippen LogP contribution in [0.4, 0.5) is 5.95 Å². The van der Waals surface area contributed by atoms with Crippen LogP contribution < -0.4 is 16.2 Å². The number of para-hydroxylation sites is 1. The Balaban J connectivity index is 2.28. The van der Waals surface area contributed by atoms with Crippen molar-refractivity contribution in [3.05, 3.63) is 41.7 Å². The van der Waals surface area contributed by atoms with E-state index in [1.54, 1.807) is 6.20 Å². The summed E-state index contributed by atoms with van der Waals surface area (Å²) in [5, 5.41) is 0. The molecular formula is C13H16N4O. The van der Waals surface area contributed by atoms with Gasteiger partial charge in [0, 0.05) is 0 Å². The first-order valence-corrected chi connectivity index (χ1v) is 5.75. The van der Waals surface area contributed by atoms with E-state index in [0.29, 0.717) is 18.0 Å². The van der Waals surface area contributed by atoms with E-state index in [1.807, 2.05) is 31.2 Å². The third-order valence-corrected chi connectivity index (χ3v) is 2.56. The Hall–Kier alpha value is -2.14. The molecule has 0 bridgehead atoms. The van der Waals surface area contributed by atoms with Crippen molar-refractivity contribution in [3.63, 3.8) is 0 Å². The van der Waals surface area contributed by atoms with Crippen LogP contribution in [0.5, 0.6) is 11.5 Å². The molecule has 4 N–H and O–H groups in total. The van der Waals surface area contributed by atoms with Crippen molar-refractivity contribution >= 4 is 5.95 Å². The highest BCUT2D eigenvalue weighted by Gasteiger charge is 2.07. The molecule has 0 spiro atoms. The van der Waals surface area contributed by atoms with Crippen LogP contribution in [0.15, 0.2) is 30.5 Å². The lowest BCUT2D eigenvalue weighted by molar-refractivity contribution is 0.467. The van der Waals surface area contributed by atoms with E-state index in [9.17, 15) is 0 Å². The van der Waals surface area contributed by atoms with Gasteiger partial charge in [-0.25, -0.2) is 9.97 Å². The lowest BCUT2D eigenvalue weighted by Gasteiger charge is -2.11. The number of anilines is 1. The van der Waals surface area contributed by atoms with Crippen LogP contribution in [-0.4, -0.2) is 16.5 Å². The molecule has 1 aromatic heterocycles. The highest BCUT2D eigenvalue weighted by atomic mass is 16.5. The zero-order valence-corrected chi connectivity index (χ0v) is 10.3. The van der Waals surface area contributed by atoms with Crippen LogP contribution in [0.2, 0.25) is 0 Å². The maximum atomic E-state index is 5.81. The Morgan fingerprint density at radius 1 is 1.22 bits per heavy atom. The van der Waals surface area contributed by atoms with Gasteiger partial charge in [0.1, 0.15) is 5.75 Å². The predicted octanol–water partition coefficient (Wildman–Crippen LogP) is 1.66. The van der Waals surface area contributed by atoms with E-state index >= 15 is 0 Å². The average molecular weight is 244 g/mol. The Labute approximate surface area is 106 Å². The second-order valence-electron chi connectivity index (χ2n) is 3.93. The third kappa shape index (κ3) is 2.75. The van der Waals surface area contributed by atoms with E-state index in [4.69, 9.17) is 16.2 Å². The summed E-state index contributed by atoms with van der Waals surface area (Å²) in [4.78, 5) is 7.99. The summed E-state index contributed by atoms with van der Waals surface area (Å²) < 4.78 is 5.81. The van der Waals surface area contributed by atoms with Crippen molar-refractivity contribution in [2.75, 3.05) is 12.3 Å². The first-order chi connectivity index (χ1) is 8.70. The number of nitrogens with zero attached hydrogens (tertiary/aromatic N) is 2. The molecule has 1 heterocycles. The molecule has 0 saturated heterocycles. The molecule has 0 amide bonds. The molecule has 94 valence electrons. The number of ether oxygens (including phenoxy) is 1. The maximum absolute atomic E-state index is 5.81. The van der Waals surface area contributed by atoms with Crippen LogP contribution in [-0.2, 0) is 6.42 Å². The zero-order chi connectivity index (χ0) is 13.0. The van der Waals surface area contributed by atoms with Crippen LogP contribution in [0.3, 0.4) is 0 Å². The van der Waals surface area contributed by atoms with E-state index in [2.05, 4.69) is 9.97 Å². The number of aromatic nitrogens is 2. The number of aryl methyl sites for hydroxylation is 1. The average Bonchev–Trinajstić information content (AvgIpc) is 2.35. The van der Waals surface area contributed by atoms with Gasteiger partial charge in [-0.15, -0.1) is 0 Å². The first kappa shape index (κ1) is 12.3. The van der Waals surface area contributed by atoms with Gasteiger partial charge < -0.3 is 16.2 Å². The molecule has 5 heteroatoms. The van der Waals surface area contributed by atoms with Crippen molar-refractivity contribution in [1.82, 2.24) is 9.97 Å². The summed E-state index contributed by atoms with van der Waals surface area (Å²) in [5.41, 5.74) is 12.9. The normalized spacial score (nSPS) is 10.3. The second-order valence-corrected chi connectivity index (χ2v) is 3.93. The fraction of sp³-hybridized carbons (Fsp3) is 0.231. The fourth-order valence-corrected chi connectivity index (χ4v) is 1.66. The predicted molar refractivity (Wildman–Crippen MR) is 70.5 cm³/mol. The van der Waals surface area contributed by atoms with Crippen LogP contribution in [0.1, 0.15) is 11.3 Å². The molecule has 0 saturated carbocycles. The number of rotatable bonds is 4. The topological polar surface area (TPSA) is 87.0 Å². The molecule has 18 heavy (non-hydrogen) atoms. The summed E-state index contributed by atoms with van der Waals surface area (Å²) in [7, 11) is 0. The van der Waals surface area contributed by atoms with E-state index in [1.165, 1.54) is 0 Å². The number of nitrogens with two attached hydrogens (primary N) is 2. The van der Waals surface area contributed by atoms with Gasteiger partial charge in [0.25, 0.3) is 0 Å². The molecule has 0 aliphatic rings. The molecule has 2 aromatic rings. The second kappa shape index (κ2) is 5.46. The van der Waals surface area contributed by atoms with Crippen molar-refractivity contribution < 1.29 is 4.74 Å². The standard InChI is InChI=1S/C13H16N4O/c1-9-12(8-16-13(15)17-9)18-11-5-3-2-4-10(11)6-7-14/h2-5,8H,6-7,14H2,1H3,(H2,15,16,17). The number of hydrogen-bond donors (Lipinski definition) is 2. The minimum Gasteiger partial charge on any atom is -0.454 e. The number of benzene rings is 1. The van der Waals surface area contributed by atoms with Crippen molar-refractivity contribution in [2.24, 2.45) is 5.73 Å². The Morgan fingerprint density at radius 3 is 2.72 bits per heavy atom. The van der Waals surface area contributed by atoms with Crippen LogP contribution >= 0.6 is 0 Å². The van der Waals surface area contributed by atoms with Gasteiger partial charge in [-0.05, 0) is 31.5 Å². The van der Waals surface area contributed by atoms with Gasteiger partial charge in [0.15, 0.2) is 5.75 Å². The van der Waals surface area contributed by atoms with Gasteiger partial charge in [0.2, 0.25) is 5.95 Å². The maximum Gasteiger partial charge on any atom is 0.220 e. The lowest BCUT2D eigenvalue weighted by Crippen LogP contribution is -2.04. The zero-order valence-electron chi connectivity index (χ0n) is 10.3. The van der Waals surface area contributed by atoms with Crippen LogP contribution in [0, 0.1) is 6.92 Å². The summed E-state index contributed by atoms with van der Waals surface area (Å²) >= 11 is 0. The van der Waals surface area contributed by atoms with E-state index in [0.717, 1.165) is 17.7 Å². The molecule has 2 rings (SSSR count). The molecule has 1 aromatic carbocycles. The molecule has 0 aliphatic heterocycles. The number of hydrogen-bond acceptors (Lipinski definition) is 5. The van der Waals surface area contributed by atoms with Gasteiger partial charge in [-0.1, -0.05) is 18.2 Å². The minimum absolute atomic E-state index is 0.245. The highest BCUT2D eigenvalue weighted by molar-refractivity contribution is 5.39. The Morgan fingerprint density at radius 2 is 2.00 bits per heavy atom. The molecular weight excluding hydrogens is 228 g/mol.